The van der Waals surface area contributed by atoms with E-state index < -0.39 is 5.97 Å². The third-order valence-corrected chi connectivity index (χ3v) is 1.75. The minimum atomic E-state index is -0.473. The number of aromatic nitrogens is 1. The lowest BCUT2D eigenvalue weighted by molar-refractivity contribution is 0.0601. The Kier molecular flexibility index (Phi) is 3.61. The summed E-state index contributed by atoms with van der Waals surface area (Å²) in [6, 6.07) is 3.09. The Morgan fingerprint density at radius 2 is 2.40 bits per heavy atom. The first-order chi connectivity index (χ1) is 7.22. The number of nitrogens with one attached hydrogen (secondary N) is 1. The molecular formula is C9H11N3O3. The fraction of sp³-hybridized carbons (Fsp3) is 0.222. The zero-order valence-electron chi connectivity index (χ0n) is 8.39. The van der Waals surface area contributed by atoms with Gasteiger partial charge in [0.15, 0.2) is 0 Å². The van der Waals surface area contributed by atoms with Crippen LogP contribution >= 0.6 is 0 Å². The fourth-order valence-corrected chi connectivity index (χ4v) is 1.07. The van der Waals surface area contributed by atoms with E-state index >= 15 is 0 Å². The van der Waals surface area contributed by atoms with E-state index in [-0.39, 0.29) is 0 Å². The second kappa shape index (κ2) is 4.94. The Morgan fingerprint density at radius 3 is 2.93 bits per heavy atom. The lowest BCUT2D eigenvalue weighted by Crippen LogP contribution is -2.08. The standard InChI is InChI=1S/C9H11N3O3/c1-10-8-7(9(13)15-2)4-3-6(12-8)5-11-14/h3-5,14H,1-2H3,(H,10,12)/b11-5-. The second-order valence-electron chi connectivity index (χ2n) is 2.62. The van der Waals surface area contributed by atoms with E-state index in [1.54, 1.807) is 19.2 Å². The highest BCUT2D eigenvalue weighted by Crippen LogP contribution is 2.13. The normalized spacial score (nSPS) is 10.3. The van der Waals surface area contributed by atoms with Crippen molar-refractivity contribution in [3.8, 4) is 0 Å². The van der Waals surface area contributed by atoms with Crippen molar-refractivity contribution in [3.63, 3.8) is 0 Å². The van der Waals surface area contributed by atoms with E-state index in [4.69, 9.17) is 5.21 Å². The molecule has 2 N–H and O–H groups in total. The van der Waals surface area contributed by atoms with E-state index in [2.05, 4.69) is 20.2 Å². The van der Waals surface area contributed by atoms with Gasteiger partial charge in [-0.3, -0.25) is 0 Å². The molecule has 1 aromatic heterocycles. The number of anilines is 1. The predicted molar refractivity (Wildman–Crippen MR) is 54.5 cm³/mol. The molecule has 0 amide bonds. The summed E-state index contributed by atoms with van der Waals surface area (Å²) in [5.41, 5.74) is 0.768. The monoisotopic (exact) mass is 209 g/mol. The second-order valence-corrected chi connectivity index (χ2v) is 2.62. The van der Waals surface area contributed by atoms with Crippen LogP contribution in [-0.4, -0.2) is 36.5 Å². The van der Waals surface area contributed by atoms with Gasteiger partial charge in [0.2, 0.25) is 0 Å². The van der Waals surface area contributed by atoms with Crippen LogP contribution in [0.25, 0.3) is 0 Å². The van der Waals surface area contributed by atoms with E-state index in [0.717, 1.165) is 0 Å². The minimum Gasteiger partial charge on any atom is -0.465 e. The summed E-state index contributed by atoms with van der Waals surface area (Å²) in [7, 11) is 2.93. The van der Waals surface area contributed by atoms with Crippen molar-refractivity contribution in [1.29, 1.82) is 0 Å². The van der Waals surface area contributed by atoms with Crippen LogP contribution < -0.4 is 5.32 Å². The molecule has 0 saturated heterocycles. The third kappa shape index (κ3) is 2.43. The molecule has 0 spiro atoms. The molecule has 0 aliphatic heterocycles. The Balaban J connectivity index is 3.14. The van der Waals surface area contributed by atoms with Crippen molar-refractivity contribution >= 4 is 18.0 Å². The number of carbonyl (C=O) groups is 1. The largest absolute Gasteiger partial charge is 0.465 e. The topological polar surface area (TPSA) is 83.8 Å². The molecule has 0 fully saturated rings. The van der Waals surface area contributed by atoms with Gasteiger partial charge in [0, 0.05) is 7.05 Å². The van der Waals surface area contributed by atoms with Crippen LogP contribution in [0.15, 0.2) is 17.3 Å². The highest BCUT2D eigenvalue weighted by atomic mass is 16.5. The molecule has 0 bridgehead atoms. The van der Waals surface area contributed by atoms with E-state index in [1.165, 1.54) is 13.3 Å². The fourth-order valence-electron chi connectivity index (χ4n) is 1.07. The predicted octanol–water partition coefficient (Wildman–Crippen LogP) is 0.718. The van der Waals surface area contributed by atoms with Crippen molar-refractivity contribution < 1.29 is 14.7 Å². The first-order valence-corrected chi connectivity index (χ1v) is 4.17. The molecular weight excluding hydrogens is 198 g/mol. The van der Waals surface area contributed by atoms with Gasteiger partial charge in [0.05, 0.1) is 19.0 Å². The summed E-state index contributed by atoms with van der Waals surface area (Å²) in [5.74, 6) is -0.0985. The van der Waals surface area contributed by atoms with Gasteiger partial charge in [-0.25, -0.2) is 9.78 Å². The maximum Gasteiger partial charge on any atom is 0.341 e. The average Bonchev–Trinajstić information content (AvgIpc) is 2.28. The number of carbonyl (C=O) groups excluding carboxylic acids is 1. The first kappa shape index (κ1) is 11.0. The van der Waals surface area contributed by atoms with Gasteiger partial charge in [-0.15, -0.1) is 0 Å². The summed E-state index contributed by atoms with van der Waals surface area (Å²) in [5, 5.41) is 13.9. The number of ether oxygens (including phenoxy) is 1. The van der Waals surface area contributed by atoms with Crippen LogP contribution in [0.2, 0.25) is 0 Å². The van der Waals surface area contributed by atoms with Crippen molar-refractivity contribution in [2.24, 2.45) is 5.16 Å². The minimum absolute atomic E-state index is 0.329. The summed E-state index contributed by atoms with van der Waals surface area (Å²) in [4.78, 5) is 15.3. The molecule has 0 aromatic carbocycles. The summed E-state index contributed by atoms with van der Waals surface area (Å²) < 4.78 is 4.58. The number of pyridine rings is 1. The first-order valence-electron chi connectivity index (χ1n) is 4.17. The zero-order chi connectivity index (χ0) is 11.3. The van der Waals surface area contributed by atoms with E-state index in [0.29, 0.717) is 17.1 Å². The van der Waals surface area contributed by atoms with Crippen LogP contribution in [0.3, 0.4) is 0 Å². The van der Waals surface area contributed by atoms with Gasteiger partial charge in [0.25, 0.3) is 0 Å². The van der Waals surface area contributed by atoms with Crippen molar-refractivity contribution in [1.82, 2.24) is 4.98 Å². The van der Waals surface area contributed by atoms with Crippen LogP contribution in [0.5, 0.6) is 0 Å². The molecule has 0 aliphatic carbocycles. The van der Waals surface area contributed by atoms with Gasteiger partial charge in [-0.1, -0.05) is 5.16 Å². The summed E-state index contributed by atoms with van der Waals surface area (Å²) in [6.45, 7) is 0. The van der Waals surface area contributed by atoms with Crippen LogP contribution in [-0.2, 0) is 4.74 Å². The average molecular weight is 209 g/mol. The third-order valence-electron chi connectivity index (χ3n) is 1.75. The quantitative estimate of drug-likeness (QED) is 0.331. The number of oxime groups is 1. The van der Waals surface area contributed by atoms with Gasteiger partial charge in [0.1, 0.15) is 11.4 Å². The number of hydrogen-bond acceptors (Lipinski definition) is 6. The molecule has 80 valence electrons. The van der Waals surface area contributed by atoms with Crippen LogP contribution in [0.1, 0.15) is 16.1 Å². The molecule has 15 heavy (non-hydrogen) atoms. The van der Waals surface area contributed by atoms with Gasteiger partial charge < -0.3 is 15.3 Å². The smallest absolute Gasteiger partial charge is 0.341 e. The molecule has 6 nitrogen and oxygen atoms in total. The highest BCUT2D eigenvalue weighted by molar-refractivity contribution is 5.95. The van der Waals surface area contributed by atoms with Gasteiger partial charge >= 0.3 is 5.97 Å². The zero-order valence-corrected chi connectivity index (χ0v) is 8.39. The molecule has 1 heterocycles. The molecule has 6 heteroatoms. The van der Waals surface area contributed by atoms with Crippen molar-refractivity contribution in [2.45, 2.75) is 0 Å². The van der Waals surface area contributed by atoms with Gasteiger partial charge in [-0.2, -0.15) is 0 Å². The maximum absolute atomic E-state index is 11.3. The summed E-state index contributed by atoms with van der Waals surface area (Å²) in [6.07, 6.45) is 1.17. The Labute approximate surface area is 86.6 Å². The highest BCUT2D eigenvalue weighted by Gasteiger charge is 2.12. The van der Waals surface area contributed by atoms with E-state index in [1.807, 2.05) is 0 Å². The van der Waals surface area contributed by atoms with Crippen LogP contribution in [0.4, 0.5) is 5.82 Å². The van der Waals surface area contributed by atoms with Gasteiger partial charge in [-0.05, 0) is 12.1 Å². The molecule has 0 radical (unpaired) electrons. The molecule has 0 aliphatic rings. The molecule has 0 unspecified atom stereocenters. The molecule has 0 saturated carbocycles. The SMILES string of the molecule is CNc1nc(/C=N\O)ccc1C(=O)OC. The maximum atomic E-state index is 11.3. The molecule has 0 atom stereocenters. The Bertz CT molecular complexity index is 390. The lowest BCUT2D eigenvalue weighted by Gasteiger charge is -2.06. The number of methoxy groups -OCH3 is 1. The lowest BCUT2D eigenvalue weighted by atomic mass is 10.2. The number of hydrogen-bond donors (Lipinski definition) is 2. The van der Waals surface area contributed by atoms with Crippen molar-refractivity contribution in [2.75, 3.05) is 19.5 Å². The summed E-state index contributed by atoms with van der Waals surface area (Å²) >= 11 is 0. The Morgan fingerprint density at radius 1 is 1.67 bits per heavy atom. The molecule has 1 rings (SSSR count). The number of esters is 1. The molecule has 1 aromatic rings. The van der Waals surface area contributed by atoms with Crippen LogP contribution in [0, 0.1) is 0 Å². The van der Waals surface area contributed by atoms with Crippen molar-refractivity contribution in [3.05, 3.63) is 23.4 Å². The Hall–Kier alpha value is -2.11. The number of nitrogens with zero attached hydrogens (tertiary/aromatic N) is 2. The van der Waals surface area contributed by atoms with E-state index in [9.17, 15) is 4.79 Å². The number of rotatable bonds is 3.